The highest BCUT2D eigenvalue weighted by atomic mass is 16.5. The summed E-state index contributed by atoms with van der Waals surface area (Å²) in [4.78, 5) is 28.5. The number of methoxy groups -OCH3 is 1. The minimum absolute atomic E-state index is 0.102. The molecule has 1 N–H and O–H groups in total. The predicted octanol–water partition coefficient (Wildman–Crippen LogP) is 5.90. The first-order valence-electron chi connectivity index (χ1n) is 13.6. The topological polar surface area (TPSA) is 76.1 Å². The van der Waals surface area contributed by atoms with Crippen LogP contribution in [0.3, 0.4) is 0 Å². The molecule has 2 saturated heterocycles. The number of benzene rings is 3. The summed E-state index contributed by atoms with van der Waals surface area (Å²) in [6.07, 6.45) is 4.22. The molecule has 6 nitrogen and oxygen atoms in total. The van der Waals surface area contributed by atoms with Gasteiger partial charge in [0.05, 0.1) is 36.8 Å². The van der Waals surface area contributed by atoms with Gasteiger partial charge in [-0.3, -0.25) is 14.5 Å². The molecule has 4 atom stereocenters. The van der Waals surface area contributed by atoms with Crippen molar-refractivity contribution in [2.75, 3.05) is 25.2 Å². The molecule has 2 heterocycles. The van der Waals surface area contributed by atoms with Crippen LogP contribution in [0.25, 0.3) is 16.8 Å². The molecule has 200 valence electrons. The van der Waals surface area contributed by atoms with Crippen molar-refractivity contribution < 1.29 is 24.2 Å². The highest BCUT2D eigenvalue weighted by Crippen LogP contribution is 2.50. The molecule has 6 heteroatoms. The van der Waals surface area contributed by atoms with Crippen LogP contribution in [0.2, 0.25) is 0 Å². The zero-order chi connectivity index (χ0) is 27.1. The number of hydrogen-bond acceptors (Lipinski definition) is 5. The van der Waals surface area contributed by atoms with Crippen molar-refractivity contribution in [3.05, 3.63) is 89.0 Å². The Hall–Kier alpha value is -3.74. The molecule has 6 rings (SSSR count). The van der Waals surface area contributed by atoms with Crippen LogP contribution in [0.4, 0.5) is 5.69 Å². The van der Waals surface area contributed by atoms with Crippen LogP contribution in [0.5, 0.6) is 5.75 Å². The third-order valence-electron chi connectivity index (χ3n) is 8.48. The monoisotopic (exact) mass is 523 g/mol. The number of carbonyl (C=O) groups excluding carboxylic acids is 2. The first kappa shape index (κ1) is 25.5. The Morgan fingerprint density at radius 2 is 1.74 bits per heavy atom. The molecule has 3 aliphatic rings. The van der Waals surface area contributed by atoms with Crippen molar-refractivity contribution in [3.8, 4) is 5.75 Å². The van der Waals surface area contributed by atoms with E-state index >= 15 is 0 Å². The minimum Gasteiger partial charge on any atom is -0.507 e. The minimum atomic E-state index is -0.390. The van der Waals surface area contributed by atoms with Crippen LogP contribution in [-0.2, 0) is 19.1 Å². The number of nitrogens with zero attached hydrogens (tertiary/aromatic N) is 1. The summed E-state index contributed by atoms with van der Waals surface area (Å²) < 4.78 is 11.9. The van der Waals surface area contributed by atoms with E-state index in [9.17, 15) is 14.7 Å². The van der Waals surface area contributed by atoms with Gasteiger partial charge in [0, 0.05) is 18.4 Å². The van der Waals surface area contributed by atoms with E-state index in [4.69, 9.17) is 9.47 Å². The van der Waals surface area contributed by atoms with Gasteiger partial charge in [0.2, 0.25) is 11.8 Å². The Kier molecular flexibility index (Phi) is 6.83. The lowest BCUT2D eigenvalue weighted by atomic mass is 9.69. The van der Waals surface area contributed by atoms with Crippen LogP contribution in [0.15, 0.2) is 83.4 Å². The lowest BCUT2D eigenvalue weighted by Gasteiger charge is -2.31. The molecule has 1 aliphatic carbocycles. The van der Waals surface area contributed by atoms with Crippen LogP contribution < -0.4 is 4.90 Å². The zero-order valence-electron chi connectivity index (χ0n) is 22.3. The molecule has 0 spiro atoms. The lowest BCUT2D eigenvalue weighted by Crippen LogP contribution is -2.35. The largest absolute Gasteiger partial charge is 0.507 e. The van der Waals surface area contributed by atoms with E-state index in [1.807, 2.05) is 60.7 Å². The number of anilines is 1. The molecule has 3 aromatic carbocycles. The number of amides is 2. The van der Waals surface area contributed by atoms with Crippen molar-refractivity contribution in [1.29, 1.82) is 0 Å². The molecular weight excluding hydrogens is 490 g/mol. The molecule has 39 heavy (non-hydrogen) atoms. The number of phenols is 1. The highest BCUT2D eigenvalue weighted by Gasteiger charge is 2.57. The number of hydrogen-bond donors (Lipinski definition) is 1. The summed E-state index contributed by atoms with van der Waals surface area (Å²) in [6.45, 7) is 3.00. The average molecular weight is 524 g/mol. The van der Waals surface area contributed by atoms with E-state index in [1.165, 1.54) is 10.5 Å². The average Bonchev–Trinajstić information content (AvgIpc) is 3.48. The first-order valence-corrected chi connectivity index (χ1v) is 13.6. The maximum Gasteiger partial charge on any atom is 0.238 e. The maximum absolute atomic E-state index is 13.6. The quantitative estimate of drug-likeness (QED) is 0.308. The van der Waals surface area contributed by atoms with Gasteiger partial charge in [0.15, 0.2) is 0 Å². The van der Waals surface area contributed by atoms with Crippen molar-refractivity contribution in [3.63, 3.8) is 0 Å². The third kappa shape index (κ3) is 4.48. The van der Waals surface area contributed by atoms with E-state index in [1.54, 1.807) is 13.2 Å². The second kappa shape index (κ2) is 10.4. The third-order valence-corrected chi connectivity index (χ3v) is 8.48. The number of imide groups is 1. The molecular formula is C33H33NO5. The zero-order valence-corrected chi connectivity index (χ0v) is 22.3. The van der Waals surface area contributed by atoms with Crippen LogP contribution in [0, 0.1) is 17.8 Å². The normalized spacial score (nSPS) is 25.0. The van der Waals surface area contributed by atoms with Crippen LogP contribution in [0.1, 0.15) is 31.7 Å². The molecule has 3 aromatic rings. The van der Waals surface area contributed by atoms with Gasteiger partial charge in [-0.15, -0.1) is 0 Å². The molecule has 2 fully saturated rings. The molecule has 2 amide bonds. The summed E-state index contributed by atoms with van der Waals surface area (Å²) >= 11 is 0. The number of rotatable bonds is 7. The fourth-order valence-electron chi connectivity index (χ4n) is 6.74. The fourth-order valence-corrected chi connectivity index (χ4v) is 6.74. The van der Waals surface area contributed by atoms with Crippen LogP contribution >= 0.6 is 0 Å². The van der Waals surface area contributed by atoms with E-state index in [0.717, 1.165) is 40.3 Å². The van der Waals surface area contributed by atoms with Gasteiger partial charge in [-0.2, -0.15) is 0 Å². The summed E-state index contributed by atoms with van der Waals surface area (Å²) in [6, 6.07) is 20.8. The van der Waals surface area contributed by atoms with E-state index in [2.05, 4.69) is 13.0 Å². The van der Waals surface area contributed by atoms with Gasteiger partial charge < -0.3 is 14.6 Å². The summed E-state index contributed by atoms with van der Waals surface area (Å²) in [5.41, 5.74) is 5.19. The van der Waals surface area contributed by atoms with Crippen molar-refractivity contribution in [2.24, 2.45) is 17.8 Å². The second-order valence-electron chi connectivity index (χ2n) is 10.9. The Bertz CT molecular complexity index is 1490. The lowest BCUT2D eigenvalue weighted by molar-refractivity contribution is -0.122. The number of ether oxygens (including phenoxy) is 2. The van der Waals surface area contributed by atoms with Gasteiger partial charge in [-0.05, 0) is 66.5 Å². The van der Waals surface area contributed by atoms with Gasteiger partial charge in [0.1, 0.15) is 5.75 Å². The number of phenolic OH excluding ortho intramolecular Hbond substituents is 1. The van der Waals surface area contributed by atoms with Gasteiger partial charge in [-0.25, -0.2) is 0 Å². The van der Waals surface area contributed by atoms with Crippen molar-refractivity contribution in [2.45, 2.75) is 32.3 Å². The summed E-state index contributed by atoms with van der Waals surface area (Å²) in [5.74, 6) is -0.817. The standard InChI is InChI=1S/C33H33NO5/c1-20(16-21-13-14-28(35)25-11-7-6-10-24(21)25)12-15-29-30-22(18-38-2)17-26-31(27(30)19-39-29)33(37)34(32(26)36)23-8-4-3-5-9-23/h3-11,13-14,16,26-27,29,31,35H,12,15,17-19H2,1-2H3/b20-16+/t26-,27+,29-,31-/m1/s1. The Labute approximate surface area is 228 Å². The molecule has 0 aromatic heterocycles. The Morgan fingerprint density at radius 3 is 2.51 bits per heavy atom. The smallest absolute Gasteiger partial charge is 0.238 e. The number of allylic oxidation sites excluding steroid dienone is 1. The van der Waals surface area contributed by atoms with Crippen LogP contribution in [-0.4, -0.2) is 43.3 Å². The van der Waals surface area contributed by atoms with Crippen molar-refractivity contribution >= 4 is 34.4 Å². The van der Waals surface area contributed by atoms with E-state index in [-0.39, 0.29) is 35.5 Å². The molecule has 0 radical (unpaired) electrons. The molecule has 2 aliphatic heterocycles. The Morgan fingerprint density at radius 1 is 1.00 bits per heavy atom. The number of para-hydroxylation sites is 1. The number of fused-ring (bicyclic) bond motifs is 4. The number of aromatic hydroxyl groups is 1. The SMILES string of the molecule is COCC1=C2[C@@H](CC/C(C)=C/c3ccc(O)c4ccccc34)OC[C@@H]2[C@@H]2C(=O)N(c3ccccc3)C(=O)[C@@H]2C1. The first-order chi connectivity index (χ1) is 19.0. The summed E-state index contributed by atoms with van der Waals surface area (Å²) in [5, 5.41) is 12.1. The molecule has 0 unspecified atom stereocenters. The highest BCUT2D eigenvalue weighted by molar-refractivity contribution is 6.22. The maximum atomic E-state index is 13.6. The van der Waals surface area contributed by atoms with Gasteiger partial charge in [0.25, 0.3) is 0 Å². The molecule has 0 bridgehead atoms. The van der Waals surface area contributed by atoms with E-state index in [0.29, 0.717) is 25.3 Å². The van der Waals surface area contributed by atoms with Gasteiger partial charge >= 0.3 is 0 Å². The van der Waals surface area contributed by atoms with E-state index < -0.39 is 5.92 Å². The predicted molar refractivity (Wildman–Crippen MR) is 151 cm³/mol. The number of carbonyl (C=O) groups is 2. The summed E-state index contributed by atoms with van der Waals surface area (Å²) in [7, 11) is 1.67. The van der Waals surface area contributed by atoms with Gasteiger partial charge in [-0.1, -0.05) is 60.2 Å². The molecule has 0 saturated carbocycles. The fraction of sp³-hybridized carbons (Fsp3) is 0.333. The Balaban J connectivity index is 1.24. The van der Waals surface area contributed by atoms with Crippen molar-refractivity contribution in [1.82, 2.24) is 0 Å². The second-order valence-corrected chi connectivity index (χ2v) is 10.9.